The van der Waals surface area contributed by atoms with Crippen LogP contribution in [0.3, 0.4) is 0 Å². The van der Waals surface area contributed by atoms with Crippen LogP contribution in [-0.4, -0.2) is 41.6 Å². The molecule has 2 aromatic carbocycles. The van der Waals surface area contributed by atoms with Crippen LogP contribution < -0.4 is 14.8 Å². The van der Waals surface area contributed by atoms with Crippen LogP contribution in [0.25, 0.3) is 16.9 Å². The number of hydrogen-bond donors (Lipinski definition) is 2. The van der Waals surface area contributed by atoms with Gasteiger partial charge in [0.15, 0.2) is 0 Å². The molecule has 0 amide bonds. The Kier molecular flexibility index (Phi) is 5.12. The van der Waals surface area contributed by atoms with Crippen molar-refractivity contribution in [3.8, 4) is 28.4 Å². The molecular weight excluding hydrogens is 370 g/mol. The van der Waals surface area contributed by atoms with Gasteiger partial charge in [-0.1, -0.05) is 6.07 Å². The van der Waals surface area contributed by atoms with Gasteiger partial charge in [-0.25, -0.2) is 9.48 Å². The van der Waals surface area contributed by atoms with E-state index in [9.17, 15) is 9.90 Å². The number of benzene rings is 2. The summed E-state index contributed by atoms with van der Waals surface area (Å²) in [6, 6.07) is 12.4. The second-order valence-electron chi connectivity index (χ2n) is 6.86. The van der Waals surface area contributed by atoms with Gasteiger partial charge in [0.2, 0.25) is 0 Å². The first-order valence-corrected chi connectivity index (χ1v) is 9.55. The minimum atomic E-state index is -0.951. The molecule has 7 nitrogen and oxygen atoms in total. The van der Waals surface area contributed by atoms with Gasteiger partial charge in [-0.3, -0.25) is 0 Å². The number of fused-ring (bicyclic) bond motifs is 1. The average molecular weight is 393 g/mol. The average Bonchev–Trinajstić information content (AvgIpc) is 2.93. The molecule has 7 heteroatoms. The molecule has 29 heavy (non-hydrogen) atoms. The second-order valence-corrected chi connectivity index (χ2v) is 6.86. The first-order chi connectivity index (χ1) is 14.1. The molecule has 0 radical (unpaired) electrons. The summed E-state index contributed by atoms with van der Waals surface area (Å²) in [5, 5.41) is 17.6. The van der Waals surface area contributed by atoms with Gasteiger partial charge >= 0.3 is 5.97 Å². The van der Waals surface area contributed by atoms with Gasteiger partial charge in [-0.05, 0) is 55.7 Å². The molecule has 0 fully saturated rings. The zero-order chi connectivity index (χ0) is 20.4. The predicted molar refractivity (Wildman–Crippen MR) is 110 cm³/mol. The Bertz CT molecular complexity index is 1020. The van der Waals surface area contributed by atoms with Crippen LogP contribution in [0.2, 0.25) is 0 Å². The third kappa shape index (κ3) is 3.40. The van der Waals surface area contributed by atoms with Gasteiger partial charge in [-0.15, -0.1) is 0 Å². The van der Waals surface area contributed by atoms with E-state index in [-0.39, 0.29) is 5.56 Å². The maximum absolute atomic E-state index is 11.2. The van der Waals surface area contributed by atoms with E-state index in [2.05, 4.69) is 5.32 Å². The molecule has 4 rings (SSSR count). The Morgan fingerprint density at radius 2 is 1.76 bits per heavy atom. The number of hydrogen-bond acceptors (Lipinski definition) is 5. The SMILES string of the molecule is COc1cccc(OC)c1-c1nn(-c2ccc(C(=O)O)cc2)c2c1CCCCN2. The van der Waals surface area contributed by atoms with Gasteiger partial charge in [0.05, 0.1) is 31.0 Å². The van der Waals surface area contributed by atoms with E-state index in [1.165, 1.54) is 0 Å². The summed E-state index contributed by atoms with van der Waals surface area (Å²) < 4.78 is 13.1. The highest BCUT2D eigenvalue weighted by Gasteiger charge is 2.26. The lowest BCUT2D eigenvalue weighted by molar-refractivity contribution is 0.0697. The molecule has 0 bridgehead atoms. The van der Waals surface area contributed by atoms with Crippen molar-refractivity contribution in [3.05, 3.63) is 53.6 Å². The van der Waals surface area contributed by atoms with Crippen molar-refractivity contribution in [2.75, 3.05) is 26.1 Å². The Labute approximate surface area is 168 Å². The van der Waals surface area contributed by atoms with E-state index in [0.717, 1.165) is 54.1 Å². The van der Waals surface area contributed by atoms with Crippen LogP contribution in [0.5, 0.6) is 11.5 Å². The van der Waals surface area contributed by atoms with Crippen LogP contribution in [0.15, 0.2) is 42.5 Å². The molecule has 2 N–H and O–H groups in total. The molecule has 1 aromatic heterocycles. The highest BCUT2D eigenvalue weighted by molar-refractivity contribution is 5.88. The standard InChI is InChI=1S/C22H23N3O4/c1-28-17-7-5-8-18(29-2)19(17)20-16-6-3-4-13-23-21(16)25(24-20)15-11-9-14(10-12-15)22(26)27/h5,7-12,23H,3-4,6,13H2,1-2H3,(H,26,27). The molecule has 0 saturated carbocycles. The number of aromatic carboxylic acids is 1. The van der Waals surface area contributed by atoms with Crippen LogP contribution in [-0.2, 0) is 6.42 Å². The van der Waals surface area contributed by atoms with Gasteiger partial charge in [-0.2, -0.15) is 5.10 Å². The fourth-order valence-corrected chi connectivity index (χ4v) is 3.72. The number of methoxy groups -OCH3 is 2. The number of carbonyl (C=O) groups is 1. The summed E-state index contributed by atoms with van der Waals surface area (Å²) in [5.74, 6) is 1.37. The van der Waals surface area contributed by atoms with E-state index < -0.39 is 5.97 Å². The maximum Gasteiger partial charge on any atom is 0.335 e. The minimum absolute atomic E-state index is 0.242. The molecular formula is C22H23N3O4. The number of ether oxygens (including phenoxy) is 2. The highest BCUT2D eigenvalue weighted by Crippen LogP contribution is 2.42. The summed E-state index contributed by atoms with van der Waals surface area (Å²) in [5.41, 5.74) is 3.77. The first-order valence-electron chi connectivity index (χ1n) is 9.55. The normalized spacial score (nSPS) is 13.2. The molecule has 2 heterocycles. The lowest BCUT2D eigenvalue weighted by atomic mass is 10.0. The Morgan fingerprint density at radius 1 is 1.07 bits per heavy atom. The third-order valence-corrected chi connectivity index (χ3v) is 5.15. The van der Waals surface area contributed by atoms with Crippen molar-refractivity contribution < 1.29 is 19.4 Å². The summed E-state index contributed by atoms with van der Waals surface area (Å²) in [6.07, 6.45) is 3.00. The van der Waals surface area contributed by atoms with E-state index in [0.29, 0.717) is 11.5 Å². The minimum Gasteiger partial charge on any atom is -0.496 e. The molecule has 0 aliphatic carbocycles. The van der Waals surface area contributed by atoms with Gasteiger partial charge < -0.3 is 19.9 Å². The Morgan fingerprint density at radius 3 is 2.38 bits per heavy atom. The second kappa shape index (κ2) is 7.87. The molecule has 150 valence electrons. The molecule has 0 saturated heterocycles. The molecule has 1 aliphatic rings. The zero-order valence-electron chi connectivity index (χ0n) is 16.4. The van der Waals surface area contributed by atoms with E-state index >= 15 is 0 Å². The number of nitrogens with one attached hydrogen (secondary N) is 1. The number of anilines is 1. The lowest BCUT2D eigenvalue weighted by Crippen LogP contribution is -2.07. The van der Waals surface area contributed by atoms with Crippen molar-refractivity contribution in [3.63, 3.8) is 0 Å². The number of rotatable bonds is 5. The van der Waals surface area contributed by atoms with Crippen molar-refractivity contribution in [1.29, 1.82) is 0 Å². The largest absolute Gasteiger partial charge is 0.496 e. The summed E-state index contributed by atoms with van der Waals surface area (Å²) in [6.45, 7) is 0.856. The van der Waals surface area contributed by atoms with Gasteiger partial charge in [0, 0.05) is 12.1 Å². The smallest absolute Gasteiger partial charge is 0.335 e. The Hall–Kier alpha value is -3.48. The monoisotopic (exact) mass is 393 g/mol. The quantitative estimate of drug-likeness (QED) is 0.681. The zero-order valence-corrected chi connectivity index (χ0v) is 16.4. The van der Waals surface area contributed by atoms with Gasteiger partial charge in [0.1, 0.15) is 23.0 Å². The molecule has 1 aliphatic heterocycles. The van der Waals surface area contributed by atoms with E-state index in [4.69, 9.17) is 14.6 Å². The third-order valence-electron chi connectivity index (χ3n) is 5.15. The maximum atomic E-state index is 11.2. The van der Waals surface area contributed by atoms with Crippen LogP contribution >= 0.6 is 0 Å². The van der Waals surface area contributed by atoms with Crippen molar-refractivity contribution >= 4 is 11.8 Å². The number of carboxylic acids is 1. The highest BCUT2D eigenvalue weighted by atomic mass is 16.5. The number of nitrogens with zero attached hydrogens (tertiary/aromatic N) is 2. The van der Waals surface area contributed by atoms with Crippen LogP contribution in [0.4, 0.5) is 5.82 Å². The van der Waals surface area contributed by atoms with Gasteiger partial charge in [0.25, 0.3) is 0 Å². The van der Waals surface area contributed by atoms with E-state index in [1.807, 2.05) is 22.9 Å². The number of aromatic nitrogens is 2. The lowest BCUT2D eigenvalue weighted by Gasteiger charge is -2.12. The van der Waals surface area contributed by atoms with Crippen LogP contribution in [0, 0.1) is 0 Å². The molecule has 3 aromatic rings. The number of carboxylic acid groups (broad SMARTS) is 1. The summed E-state index contributed by atoms with van der Waals surface area (Å²) >= 11 is 0. The van der Waals surface area contributed by atoms with E-state index in [1.54, 1.807) is 38.5 Å². The molecule has 0 unspecified atom stereocenters. The molecule has 0 atom stereocenters. The topological polar surface area (TPSA) is 85.6 Å². The molecule has 0 spiro atoms. The Balaban J connectivity index is 1.92. The summed E-state index contributed by atoms with van der Waals surface area (Å²) in [7, 11) is 3.27. The van der Waals surface area contributed by atoms with Crippen molar-refractivity contribution in [1.82, 2.24) is 9.78 Å². The van der Waals surface area contributed by atoms with Crippen molar-refractivity contribution in [2.45, 2.75) is 19.3 Å². The fourth-order valence-electron chi connectivity index (χ4n) is 3.72. The summed E-state index contributed by atoms with van der Waals surface area (Å²) in [4.78, 5) is 11.2. The van der Waals surface area contributed by atoms with Crippen molar-refractivity contribution in [2.24, 2.45) is 0 Å². The first kappa shape index (κ1) is 18.9. The van der Waals surface area contributed by atoms with Crippen LogP contribution in [0.1, 0.15) is 28.8 Å². The fraction of sp³-hybridized carbons (Fsp3) is 0.273. The predicted octanol–water partition coefficient (Wildman–Crippen LogP) is 4.00.